The van der Waals surface area contributed by atoms with E-state index in [0.29, 0.717) is 11.5 Å². The van der Waals surface area contributed by atoms with Crippen molar-refractivity contribution in [2.75, 3.05) is 5.43 Å². The zero-order valence-electron chi connectivity index (χ0n) is 12.3. The Bertz CT molecular complexity index is 635. The van der Waals surface area contributed by atoms with Crippen molar-refractivity contribution in [3.8, 4) is 0 Å². The second-order valence-electron chi connectivity index (χ2n) is 5.18. The Morgan fingerprint density at radius 2 is 1.85 bits per heavy atom. The van der Waals surface area contributed by atoms with Crippen LogP contribution < -0.4 is 5.43 Å². The van der Waals surface area contributed by atoms with Crippen LogP contribution in [-0.4, -0.2) is 19.4 Å². The maximum Gasteiger partial charge on any atom is 0.336 e. The van der Waals surface area contributed by atoms with Gasteiger partial charge in [0.05, 0.1) is 4.92 Å². The Hall–Kier alpha value is -2.31. The SMILES string of the molecule is Cc1ccc(C)n1Nc1c([N+](=O)[O-])c(C(C)C)nn1C. The van der Waals surface area contributed by atoms with Crippen molar-refractivity contribution in [1.29, 1.82) is 0 Å². The Labute approximate surface area is 117 Å². The van der Waals surface area contributed by atoms with Crippen LogP contribution in [0.25, 0.3) is 0 Å². The molecule has 7 nitrogen and oxygen atoms in total. The summed E-state index contributed by atoms with van der Waals surface area (Å²) in [6.07, 6.45) is 0. The Morgan fingerprint density at radius 3 is 2.30 bits per heavy atom. The molecule has 0 aromatic carbocycles. The summed E-state index contributed by atoms with van der Waals surface area (Å²) >= 11 is 0. The number of hydrogen-bond donors (Lipinski definition) is 1. The summed E-state index contributed by atoms with van der Waals surface area (Å²) in [4.78, 5) is 11.0. The minimum Gasteiger partial charge on any atom is -0.272 e. The predicted octanol–water partition coefficient (Wildman–Crippen LogP) is 2.75. The number of nitro groups is 1. The summed E-state index contributed by atoms with van der Waals surface area (Å²) in [5, 5.41) is 15.6. The fourth-order valence-electron chi connectivity index (χ4n) is 2.18. The maximum absolute atomic E-state index is 11.4. The van der Waals surface area contributed by atoms with E-state index in [1.807, 2.05) is 44.5 Å². The second kappa shape index (κ2) is 4.99. The molecule has 0 aliphatic rings. The van der Waals surface area contributed by atoms with Crippen molar-refractivity contribution < 1.29 is 4.92 Å². The normalized spacial score (nSPS) is 11.1. The number of nitrogens with one attached hydrogen (secondary N) is 1. The minimum atomic E-state index is -0.376. The number of aromatic nitrogens is 3. The summed E-state index contributed by atoms with van der Waals surface area (Å²) in [6, 6.07) is 3.90. The molecule has 0 unspecified atom stereocenters. The third kappa shape index (κ3) is 2.26. The lowest BCUT2D eigenvalue weighted by Gasteiger charge is -2.12. The van der Waals surface area contributed by atoms with Gasteiger partial charge in [0.2, 0.25) is 5.82 Å². The van der Waals surface area contributed by atoms with Gasteiger partial charge in [-0.3, -0.25) is 20.2 Å². The zero-order valence-corrected chi connectivity index (χ0v) is 12.3. The van der Waals surface area contributed by atoms with Gasteiger partial charge in [-0.1, -0.05) is 13.8 Å². The number of nitrogens with zero attached hydrogens (tertiary/aromatic N) is 4. The average molecular weight is 277 g/mol. The molecule has 2 heterocycles. The molecule has 108 valence electrons. The molecule has 0 atom stereocenters. The quantitative estimate of drug-likeness (QED) is 0.688. The fourth-order valence-corrected chi connectivity index (χ4v) is 2.18. The summed E-state index contributed by atoms with van der Waals surface area (Å²) in [6.45, 7) is 7.66. The topological polar surface area (TPSA) is 77.9 Å². The van der Waals surface area contributed by atoms with Gasteiger partial charge >= 0.3 is 5.69 Å². The van der Waals surface area contributed by atoms with Crippen molar-refractivity contribution in [2.24, 2.45) is 7.05 Å². The third-order valence-electron chi connectivity index (χ3n) is 3.27. The lowest BCUT2D eigenvalue weighted by atomic mass is 10.1. The molecular formula is C13H19N5O2. The highest BCUT2D eigenvalue weighted by Crippen LogP contribution is 2.33. The Balaban J connectivity index is 2.54. The number of hydrogen-bond acceptors (Lipinski definition) is 4. The molecule has 0 aliphatic heterocycles. The van der Waals surface area contributed by atoms with Crippen LogP contribution in [0.3, 0.4) is 0 Å². The molecule has 0 fully saturated rings. The van der Waals surface area contributed by atoms with Gasteiger partial charge in [0, 0.05) is 24.4 Å². The molecule has 0 spiro atoms. The number of aryl methyl sites for hydroxylation is 3. The first-order valence-electron chi connectivity index (χ1n) is 6.46. The van der Waals surface area contributed by atoms with Crippen LogP contribution >= 0.6 is 0 Å². The Kier molecular flexibility index (Phi) is 3.52. The molecule has 0 saturated heterocycles. The monoisotopic (exact) mass is 277 g/mol. The van der Waals surface area contributed by atoms with Crippen LogP contribution in [0.5, 0.6) is 0 Å². The molecule has 0 aliphatic carbocycles. The van der Waals surface area contributed by atoms with Crippen LogP contribution in [0.15, 0.2) is 12.1 Å². The summed E-state index contributed by atoms with van der Waals surface area (Å²) in [5.41, 5.74) is 5.57. The van der Waals surface area contributed by atoms with Gasteiger partial charge in [0.1, 0.15) is 5.69 Å². The van der Waals surface area contributed by atoms with Gasteiger partial charge in [-0.25, -0.2) is 4.68 Å². The van der Waals surface area contributed by atoms with Crippen molar-refractivity contribution in [3.63, 3.8) is 0 Å². The summed E-state index contributed by atoms with van der Waals surface area (Å²) in [5.74, 6) is 0.380. The average Bonchev–Trinajstić information content (AvgIpc) is 2.84. The van der Waals surface area contributed by atoms with E-state index >= 15 is 0 Å². The van der Waals surface area contributed by atoms with Gasteiger partial charge in [-0.15, -0.1) is 0 Å². The van der Waals surface area contributed by atoms with Gasteiger partial charge < -0.3 is 0 Å². The van der Waals surface area contributed by atoms with E-state index in [2.05, 4.69) is 10.5 Å². The largest absolute Gasteiger partial charge is 0.336 e. The van der Waals surface area contributed by atoms with Crippen LogP contribution in [0.2, 0.25) is 0 Å². The maximum atomic E-state index is 11.4. The van der Waals surface area contributed by atoms with E-state index in [0.717, 1.165) is 11.4 Å². The summed E-state index contributed by atoms with van der Waals surface area (Å²) < 4.78 is 3.33. The van der Waals surface area contributed by atoms with Crippen LogP contribution in [0, 0.1) is 24.0 Å². The highest BCUT2D eigenvalue weighted by atomic mass is 16.6. The van der Waals surface area contributed by atoms with Crippen molar-refractivity contribution in [3.05, 3.63) is 39.3 Å². The first kappa shape index (κ1) is 14.1. The van der Waals surface area contributed by atoms with E-state index in [-0.39, 0.29) is 16.5 Å². The van der Waals surface area contributed by atoms with E-state index in [4.69, 9.17) is 0 Å². The smallest absolute Gasteiger partial charge is 0.272 e. The molecule has 2 aromatic heterocycles. The van der Waals surface area contributed by atoms with Crippen molar-refractivity contribution >= 4 is 11.5 Å². The van der Waals surface area contributed by atoms with Gasteiger partial charge in [0.15, 0.2) is 0 Å². The third-order valence-corrected chi connectivity index (χ3v) is 3.27. The molecule has 0 bridgehead atoms. The molecule has 2 aromatic rings. The highest BCUT2D eigenvalue weighted by molar-refractivity contribution is 5.60. The lowest BCUT2D eigenvalue weighted by molar-refractivity contribution is -0.384. The van der Waals surface area contributed by atoms with Gasteiger partial charge in [-0.2, -0.15) is 5.10 Å². The first-order valence-corrected chi connectivity index (χ1v) is 6.46. The van der Waals surface area contributed by atoms with E-state index in [1.165, 1.54) is 4.68 Å². The van der Waals surface area contributed by atoms with Gasteiger partial charge in [-0.05, 0) is 26.0 Å². The number of anilines is 1. The highest BCUT2D eigenvalue weighted by Gasteiger charge is 2.29. The molecule has 2 rings (SSSR count). The first-order chi connectivity index (χ1) is 9.32. The van der Waals surface area contributed by atoms with Crippen molar-refractivity contribution in [1.82, 2.24) is 14.5 Å². The minimum absolute atomic E-state index is 0.0102. The molecule has 1 N–H and O–H groups in total. The summed E-state index contributed by atoms with van der Waals surface area (Å²) in [7, 11) is 1.70. The molecule has 0 radical (unpaired) electrons. The standard InChI is InChI=1S/C13H19N5O2/c1-8(2)11-12(18(19)20)13(16(5)14-11)15-17-9(3)6-7-10(17)4/h6-8,15H,1-5H3. The van der Waals surface area contributed by atoms with Crippen LogP contribution in [0.4, 0.5) is 11.5 Å². The number of rotatable bonds is 4. The second-order valence-corrected chi connectivity index (χ2v) is 5.18. The lowest BCUT2D eigenvalue weighted by Crippen LogP contribution is -2.15. The Morgan fingerprint density at radius 1 is 1.30 bits per heavy atom. The van der Waals surface area contributed by atoms with Crippen LogP contribution in [0.1, 0.15) is 36.8 Å². The molecular weight excluding hydrogens is 258 g/mol. The molecule has 0 amide bonds. The molecule has 20 heavy (non-hydrogen) atoms. The molecule has 7 heteroatoms. The van der Waals surface area contributed by atoms with Crippen molar-refractivity contribution in [2.45, 2.75) is 33.6 Å². The zero-order chi connectivity index (χ0) is 15.0. The molecule has 0 saturated carbocycles. The van der Waals surface area contributed by atoms with Crippen LogP contribution in [-0.2, 0) is 7.05 Å². The van der Waals surface area contributed by atoms with Gasteiger partial charge in [0.25, 0.3) is 0 Å². The van der Waals surface area contributed by atoms with E-state index < -0.39 is 0 Å². The predicted molar refractivity (Wildman–Crippen MR) is 76.9 cm³/mol. The van der Waals surface area contributed by atoms with E-state index in [9.17, 15) is 10.1 Å². The van der Waals surface area contributed by atoms with E-state index in [1.54, 1.807) is 7.05 Å². The fraction of sp³-hybridized carbons (Fsp3) is 0.462.